The van der Waals surface area contributed by atoms with E-state index in [2.05, 4.69) is 11.2 Å². The van der Waals surface area contributed by atoms with E-state index in [1.807, 2.05) is 25.1 Å². The van der Waals surface area contributed by atoms with Crippen LogP contribution in [0, 0.1) is 6.20 Å². The Labute approximate surface area is 49.5 Å². The molecule has 1 heterocycles. The van der Waals surface area contributed by atoms with Gasteiger partial charge in [-0.2, -0.15) is 0 Å². The number of hydrogen-bond donors (Lipinski definition) is 0. The molecule has 0 bridgehead atoms. The molecule has 8 heavy (non-hydrogen) atoms. The molecule has 0 aliphatic carbocycles. The van der Waals surface area contributed by atoms with Gasteiger partial charge >= 0.3 is 0 Å². The van der Waals surface area contributed by atoms with Crippen LogP contribution in [0.3, 0.4) is 0 Å². The molecule has 0 aromatic rings. The van der Waals surface area contributed by atoms with Crippen molar-refractivity contribution in [1.82, 2.24) is 4.90 Å². The zero-order chi connectivity index (χ0) is 5.98. The smallest absolute Gasteiger partial charge is 0.106 e. The van der Waals surface area contributed by atoms with E-state index in [1.165, 1.54) is 0 Å². The maximum absolute atomic E-state index is 3.95. The first-order chi connectivity index (χ1) is 3.79. The average Bonchev–Trinajstić information content (AvgIpc) is 1.64. The van der Waals surface area contributed by atoms with Gasteiger partial charge in [0.05, 0.1) is 6.54 Å². The van der Waals surface area contributed by atoms with Gasteiger partial charge in [0.25, 0.3) is 0 Å². The van der Waals surface area contributed by atoms with Gasteiger partial charge in [0.1, 0.15) is 6.20 Å². The van der Waals surface area contributed by atoms with Gasteiger partial charge in [0, 0.05) is 19.0 Å². The van der Waals surface area contributed by atoms with Crippen molar-refractivity contribution < 1.29 is 0 Å². The fourth-order valence-electron chi connectivity index (χ4n) is 0.680. The van der Waals surface area contributed by atoms with Crippen molar-refractivity contribution in [2.24, 2.45) is 4.99 Å². The zero-order valence-corrected chi connectivity index (χ0v) is 5.18. The SMILES string of the molecule is CC1=N[C]=CN(C)C1. The highest BCUT2D eigenvalue weighted by Crippen LogP contribution is 1.93. The van der Waals surface area contributed by atoms with Crippen LogP contribution in [0.1, 0.15) is 6.92 Å². The van der Waals surface area contributed by atoms with Crippen LogP contribution < -0.4 is 0 Å². The summed E-state index contributed by atoms with van der Waals surface area (Å²) in [6, 6.07) is 0. The van der Waals surface area contributed by atoms with Gasteiger partial charge in [-0.1, -0.05) is 0 Å². The monoisotopic (exact) mass is 109 g/mol. The molecule has 1 radical (unpaired) electrons. The lowest BCUT2D eigenvalue weighted by molar-refractivity contribution is 0.513. The molecule has 0 saturated carbocycles. The number of rotatable bonds is 0. The van der Waals surface area contributed by atoms with Crippen LogP contribution in [0.15, 0.2) is 11.2 Å². The molecule has 0 spiro atoms. The summed E-state index contributed by atoms with van der Waals surface area (Å²) < 4.78 is 0. The van der Waals surface area contributed by atoms with Gasteiger partial charge in [-0.3, -0.25) is 4.99 Å². The molecule has 0 atom stereocenters. The second-order valence-corrected chi connectivity index (χ2v) is 2.02. The topological polar surface area (TPSA) is 15.6 Å². The second-order valence-electron chi connectivity index (χ2n) is 2.02. The third-order valence-corrected chi connectivity index (χ3v) is 1.01. The normalized spacial score (nSPS) is 18.8. The van der Waals surface area contributed by atoms with E-state index in [9.17, 15) is 0 Å². The molecule has 1 aliphatic heterocycles. The van der Waals surface area contributed by atoms with Crippen LogP contribution in [0.2, 0.25) is 0 Å². The van der Waals surface area contributed by atoms with Gasteiger partial charge in [0.2, 0.25) is 0 Å². The van der Waals surface area contributed by atoms with Crippen molar-refractivity contribution in [1.29, 1.82) is 0 Å². The standard InChI is InChI=1S/C6H9N2/c1-6-5-8(2)4-3-7-6/h4H,5H2,1-2H3. The van der Waals surface area contributed by atoms with Gasteiger partial charge in [-0.05, 0) is 6.92 Å². The Bertz CT molecular complexity index is 135. The fourth-order valence-corrected chi connectivity index (χ4v) is 0.680. The summed E-state index contributed by atoms with van der Waals surface area (Å²) in [6.45, 7) is 2.93. The first-order valence-electron chi connectivity index (χ1n) is 2.61. The molecule has 0 N–H and O–H groups in total. The Morgan fingerprint density at radius 2 is 2.62 bits per heavy atom. The van der Waals surface area contributed by atoms with Crippen LogP contribution >= 0.6 is 0 Å². The van der Waals surface area contributed by atoms with Crippen LogP contribution in [0.5, 0.6) is 0 Å². The molecule has 0 amide bonds. The van der Waals surface area contributed by atoms with Crippen molar-refractivity contribution in [2.45, 2.75) is 6.92 Å². The zero-order valence-electron chi connectivity index (χ0n) is 5.18. The Morgan fingerprint density at radius 1 is 1.88 bits per heavy atom. The Kier molecular flexibility index (Phi) is 1.33. The maximum Gasteiger partial charge on any atom is 0.106 e. The van der Waals surface area contributed by atoms with E-state index < -0.39 is 0 Å². The summed E-state index contributed by atoms with van der Waals surface area (Å²) in [5, 5.41) is 0. The minimum atomic E-state index is 0.938. The predicted octanol–water partition coefficient (Wildman–Crippen LogP) is 0.667. The average molecular weight is 109 g/mol. The third-order valence-electron chi connectivity index (χ3n) is 1.01. The van der Waals surface area contributed by atoms with E-state index in [-0.39, 0.29) is 0 Å². The van der Waals surface area contributed by atoms with Crippen molar-refractivity contribution in [3.8, 4) is 0 Å². The molecule has 0 aromatic heterocycles. The fraction of sp³-hybridized carbons (Fsp3) is 0.500. The highest BCUT2D eigenvalue weighted by atomic mass is 15.1. The maximum atomic E-state index is 3.95. The summed E-state index contributed by atoms with van der Waals surface area (Å²) in [5.41, 5.74) is 1.12. The number of aliphatic imine (C=N–C) groups is 1. The molecule has 2 nitrogen and oxygen atoms in total. The highest BCUT2D eigenvalue weighted by Gasteiger charge is 1.97. The van der Waals surface area contributed by atoms with Crippen LogP contribution in [0.4, 0.5) is 0 Å². The van der Waals surface area contributed by atoms with E-state index in [1.54, 1.807) is 0 Å². The molecule has 43 valence electrons. The summed E-state index contributed by atoms with van der Waals surface area (Å²) in [6.07, 6.45) is 4.61. The van der Waals surface area contributed by atoms with Crippen LogP contribution in [-0.2, 0) is 0 Å². The second kappa shape index (κ2) is 1.99. The van der Waals surface area contributed by atoms with Crippen molar-refractivity contribution in [3.05, 3.63) is 12.4 Å². The molecule has 0 aromatic carbocycles. The molecule has 1 rings (SSSR count). The molecule has 0 unspecified atom stereocenters. The Hall–Kier alpha value is -0.790. The van der Waals surface area contributed by atoms with E-state index in [0.29, 0.717) is 0 Å². The van der Waals surface area contributed by atoms with Crippen molar-refractivity contribution in [3.63, 3.8) is 0 Å². The molecule has 1 aliphatic rings. The van der Waals surface area contributed by atoms with E-state index in [0.717, 1.165) is 12.3 Å². The summed E-state index contributed by atoms with van der Waals surface area (Å²) >= 11 is 0. The molecular weight excluding hydrogens is 100 g/mol. The summed E-state index contributed by atoms with van der Waals surface area (Å²) in [5.74, 6) is 0. The summed E-state index contributed by atoms with van der Waals surface area (Å²) in [4.78, 5) is 5.99. The van der Waals surface area contributed by atoms with Crippen LogP contribution in [-0.4, -0.2) is 24.2 Å². The quantitative estimate of drug-likeness (QED) is 0.446. The third kappa shape index (κ3) is 1.09. The summed E-state index contributed by atoms with van der Waals surface area (Å²) in [7, 11) is 2.01. The lowest BCUT2D eigenvalue weighted by Crippen LogP contribution is -2.21. The van der Waals surface area contributed by atoms with Gasteiger partial charge in [-0.25, -0.2) is 0 Å². The Balaban J connectivity index is 2.59. The predicted molar refractivity (Wildman–Crippen MR) is 33.6 cm³/mol. The molecule has 0 saturated heterocycles. The minimum absolute atomic E-state index is 0.938. The Morgan fingerprint density at radius 3 is 3.00 bits per heavy atom. The van der Waals surface area contributed by atoms with Crippen molar-refractivity contribution in [2.75, 3.05) is 13.6 Å². The molecule has 0 fully saturated rings. The number of nitrogens with zero attached hydrogens (tertiary/aromatic N) is 2. The number of hydrogen-bond acceptors (Lipinski definition) is 2. The lowest BCUT2D eigenvalue weighted by atomic mass is 10.4. The van der Waals surface area contributed by atoms with E-state index in [4.69, 9.17) is 0 Å². The van der Waals surface area contributed by atoms with Gasteiger partial charge in [0.15, 0.2) is 0 Å². The first kappa shape index (κ1) is 5.35. The molecule has 2 heteroatoms. The lowest BCUT2D eigenvalue weighted by Gasteiger charge is -2.14. The highest BCUT2D eigenvalue weighted by molar-refractivity contribution is 5.84. The van der Waals surface area contributed by atoms with Crippen LogP contribution in [0.25, 0.3) is 0 Å². The minimum Gasteiger partial charge on any atom is -0.373 e. The van der Waals surface area contributed by atoms with Gasteiger partial charge < -0.3 is 4.90 Å². The molecular formula is C6H9N2. The van der Waals surface area contributed by atoms with Gasteiger partial charge in [-0.15, -0.1) is 0 Å². The van der Waals surface area contributed by atoms with E-state index >= 15 is 0 Å². The van der Waals surface area contributed by atoms with Crippen molar-refractivity contribution >= 4 is 5.71 Å². The first-order valence-corrected chi connectivity index (χ1v) is 2.61. The largest absolute Gasteiger partial charge is 0.373 e.